The molecule has 0 amide bonds. The Kier molecular flexibility index (Phi) is 7.16. The van der Waals surface area contributed by atoms with E-state index in [4.69, 9.17) is 5.11 Å². The molecule has 0 unspecified atom stereocenters. The predicted octanol–water partition coefficient (Wildman–Crippen LogP) is 2.67. The highest BCUT2D eigenvalue weighted by Crippen LogP contribution is 2.05. The van der Waals surface area contributed by atoms with Crippen LogP contribution in [0.25, 0.3) is 0 Å². The molecular weight excluding hydrogens is 136 g/mol. The van der Waals surface area contributed by atoms with E-state index in [0.29, 0.717) is 0 Å². The molecule has 0 saturated carbocycles. The minimum atomic E-state index is 0.176. The first kappa shape index (κ1) is 10.4. The van der Waals surface area contributed by atoms with Crippen LogP contribution in [0.4, 0.5) is 0 Å². The van der Waals surface area contributed by atoms with Gasteiger partial charge in [0.1, 0.15) is 0 Å². The summed E-state index contributed by atoms with van der Waals surface area (Å²) in [4.78, 5) is 0. The minimum Gasteiger partial charge on any atom is -0.392 e. The van der Waals surface area contributed by atoms with Gasteiger partial charge in [-0.1, -0.05) is 23.8 Å². The molecule has 0 radical (unpaired) electrons. The van der Waals surface area contributed by atoms with E-state index in [-0.39, 0.29) is 6.61 Å². The van der Waals surface area contributed by atoms with Gasteiger partial charge in [0.05, 0.1) is 6.61 Å². The van der Waals surface area contributed by atoms with Crippen LogP contribution in [0.3, 0.4) is 0 Å². The third-order valence-electron chi connectivity index (χ3n) is 1.62. The van der Waals surface area contributed by atoms with E-state index in [0.717, 1.165) is 12.8 Å². The molecule has 0 atom stereocenters. The average molecular weight is 154 g/mol. The molecule has 0 aromatic rings. The Labute approximate surface area is 69.4 Å². The maximum Gasteiger partial charge on any atom is 0.0614 e. The molecule has 0 fully saturated rings. The third kappa shape index (κ3) is 7.34. The lowest BCUT2D eigenvalue weighted by atomic mass is 10.1. The van der Waals surface area contributed by atoms with Crippen molar-refractivity contribution in [3.8, 4) is 0 Å². The number of allylic oxidation sites excluding steroid dienone is 3. The van der Waals surface area contributed by atoms with Crippen LogP contribution < -0.4 is 0 Å². The molecule has 0 aromatic heterocycles. The number of aliphatic hydroxyl groups is 1. The van der Waals surface area contributed by atoms with Crippen molar-refractivity contribution in [3.63, 3.8) is 0 Å². The molecular formula is C10H18O. The summed E-state index contributed by atoms with van der Waals surface area (Å²) in [5, 5.41) is 8.55. The van der Waals surface area contributed by atoms with Crippen molar-refractivity contribution in [1.82, 2.24) is 0 Å². The zero-order chi connectivity index (χ0) is 8.53. The van der Waals surface area contributed by atoms with Gasteiger partial charge < -0.3 is 5.11 Å². The highest BCUT2D eigenvalue weighted by Gasteiger charge is 1.87. The van der Waals surface area contributed by atoms with Crippen molar-refractivity contribution in [2.75, 3.05) is 6.61 Å². The highest BCUT2D eigenvalue weighted by molar-refractivity contribution is 4.97. The van der Waals surface area contributed by atoms with Crippen LogP contribution in [0.15, 0.2) is 23.8 Å². The number of hydrogen-bond acceptors (Lipinski definition) is 1. The number of hydrogen-bond donors (Lipinski definition) is 1. The lowest BCUT2D eigenvalue weighted by Gasteiger charge is -1.97. The van der Waals surface area contributed by atoms with Crippen LogP contribution in [0.2, 0.25) is 0 Å². The second-order valence-electron chi connectivity index (χ2n) is 2.69. The van der Waals surface area contributed by atoms with E-state index in [1.807, 2.05) is 13.0 Å². The molecule has 11 heavy (non-hydrogen) atoms. The highest BCUT2D eigenvalue weighted by atomic mass is 16.2. The van der Waals surface area contributed by atoms with Crippen molar-refractivity contribution < 1.29 is 5.11 Å². The van der Waals surface area contributed by atoms with Crippen LogP contribution in [0, 0.1) is 0 Å². The summed E-state index contributed by atoms with van der Waals surface area (Å²) in [7, 11) is 0. The summed E-state index contributed by atoms with van der Waals surface area (Å²) in [6.07, 6.45) is 9.55. The van der Waals surface area contributed by atoms with E-state index >= 15 is 0 Å². The van der Waals surface area contributed by atoms with Gasteiger partial charge in [-0.2, -0.15) is 0 Å². The SMILES string of the molecule is CC=CCCCC(C)=CCO. The van der Waals surface area contributed by atoms with Gasteiger partial charge in [0.2, 0.25) is 0 Å². The Bertz CT molecular complexity index is 134. The Hall–Kier alpha value is -0.560. The van der Waals surface area contributed by atoms with Crippen molar-refractivity contribution in [2.45, 2.75) is 33.1 Å². The topological polar surface area (TPSA) is 20.2 Å². The Morgan fingerprint density at radius 3 is 2.73 bits per heavy atom. The van der Waals surface area contributed by atoms with Gasteiger partial charge in [-0.25, -0.2) is 0 Å². The average Bonchev–Trinajstić information content (AvgIpc) is 1.99. The second-order valence-corrected chi connectivity index (χ2v) is 2.69. The molecule has 1 nitrogen and oxygen atoms in total. The van der Waals surface area contributed by atoms with Crippen LogP contribution in [0.1, 0.15) is 33.1 Å². The van der Waals surface area contributed by atoms with E-state index in [1.165, 1.54) is 12.0 Å². The largest absolute Gasteiger partial charge is 0.392 e. The van der Waals surface area contributed by atoms with Gasteiger partial charge in [-0.15, -0.1) is 0 Å². The Morgan fingerprint density at radius 1 is 1.45 bits per heavy atom. The summed E-state index contributed by atoms with van der Waals surface area (Å²) >= 11 is 0. The van der Waals surface area contributed by atoms with Gasteiger partial charge >= 0.3 is 0 Å². The molecule has 1 heteroatoms. The smallest absolute Gasteiger partial charge is 0.0614 e. The third-order valence-corrected chi connectivity index (χ3v) is 1.62. The predicted molar refractivity (Wildman–Crippen MR) is 49.5 cm³/mol. The molecule has 0 bridgehead atoms. The molecule has 0 spiro atoms. The molecule has 0 aliphatic carbocycles. The monoisotopic (exact) mass is 154 g/mol. The number of unbranched alkanes of at least 4 members (excludes halogenated alkanes) is 1. The van der Waals surface area contributed by atoms with E-state index < -0.39 is 0 Å². The van der Waals surface area contributed by atoms with Crippen molar-refractivity contribution in [2.24, 2.45) is 0 Å². The fourth-order valence-corrected chi connectivity index (χ4v) is 0.923. The summed E-state index contributed by atoms with van der Waals surface area (Å²) in [5.41, 5.74) is 1.29. The summed E-state index contributed by atoms with van der Waals surface area (Å²) in [5.74, 6) is 0. The molecule has 0 aliphatic heterocycles. The first-order chi connectivity index (χ1) is 5.31. The normalized spacial score (nSPS) is 12.8. The maximum atomic E-state index is 8.55. The van der Waals surface area contributed by atoms with Crippen molar-refractivity contribution in [1.29, 1.82) is 0 Å². The second kappa shape index (κ2) is 7.55. The lowest BCUT2D eigenvalue weighted by Crippen LogP contribution is -1.81. The zero-order valence-electron chi connectivity index (χ0n) is 7.51. The number of aliphatic hydroxyl groups excluding tert-OH is 1. The Balaban J connectivity index is 3.31. The number of rotatable bonds is 5. The van der Waals surface area contributed by atoms with Crippen LogP contribution in [-0.2, 0) is 0 Å². The van der Waals surface area contributed by atoms with Gasteiger partial charge in [0, 0.05) is 0 Å². The van der Waals surface area contributed by atoms with Gasteiger partial charge in [-0.3, -0.25) is 0 Å². The van der Waals surface area contributed by atoms with Crippen molar-refractivity contribution >= 4 is 0 Å². The van der Waals surface area contributed by atoms with E-state index in [9.17, 15) is 0 Å². The van der Waals surface area contributed by atoms with Crippen LogP contribution >= 0.6 is 0 Å². The standard InChI is InChI=1S/C10H18O/c1-3-4-5-6-7-10(2)8-9-11/h3-4,8,11H,5-7,9H2,1-2H3. The van der Waals surface area contributed by atoms with Gasteiger partial charge in [0.25, 0.3) is 0 Å². The fraction of sp³-hybridized carbons (Fsp3) is 0.600. The van der Waals surface area contributed by atoms with E-state index in [1.54, 1.807) is 0 Å². The molecule has 0 aliphatic rings. The molecule has 0 heterocycles. The van der Waals surface area contributed by atoms with Gasteiger partial charge in [0.15, 0.2) is 0 Å². The van der Waals surface area contributed by atoms with E-state index in [2.05, 4.69) is 19.1 Å². The van der Waals surface area contributed by atoms with Crippen LogP contribution in [-0.4, -0.2) is 11.7 Å². The summed E-state index contributed by atoms with van der Waals surface area (Å²) < 4.78 is 0. The fourth-order valence-electron chi connectivity index (χ4n) is 0.923. The first-order valence-electron chi connectivity index (χ1n) is 4.19. The Morgan fingerprint density at radius 2 is 2.18 bits per heavy atom. The van der Waals surface area contributed by atoms with Gasteiger partial charge in [-0.05, 0) is 33.1 Å². The summed E-state index contributed by atoms with van der Waals surface area (Å²) in [6, 6.07) is 0. The van der Waals surface area contributed by atoms with Crippen LogP contribution in [0.5, 0.6) is 0 Å². The molecule has 64 valence electrons. The molecule has 0 aromatic carbocycles. The van der Waals surface area contributed by atoms with Crippen molar-refractivity contribution in [3.05, 3.63) is 23.8 Å². The summed E-state index contributed by atoms with van der Waals surface area (Å²) in [6.45, 7) is 4.28. The lowest BCUT2D eigenvalue weighted by molar-refractivity contribution is 0.341. The molecule has 1 N–H and O–H groups in total. The molecule has 0 saturated heterocycles. The minimum absolute atomic E-state index is 0.176. The zero-order valence-corrected chi connectivity index (χ0v) is 7.51. The maximum absolute atomic E-state index is 8.55. The first-order valence-corrected chi connectivity index (χ1v) is 4.19. The quantitative estimate of drug-likeness (QED) is 0.477. The molecule has 0 rings (SSSR count).